The molecule has 0 fully saturated rings. The normalized spacial score (nSPS) is 12.3. The van der Waals surface area contributed by atoms with E-state index in [1.165, 1.54) is 22.3 Å². The van der Waals surface area contributed by atoms with Crippen molar-refractivity contribution in [2.75, 3.05) is 4.90 Å². The number of allylic oxidation sites excluding steroid dienone is 10. The summed E-state index contributed by atoms with van der Waals surface area (Å²) in [5.41, 5.74) is 11.5. The van der Waals surface area contributed by atoms with Gasteiger partial charge in [-0.1, -0.05) is 224 Å². The predicted octanol–water partition coefficient (Wildman–Crippen LogP) is 14.8. The molecule has 6 aromatic rings. The van der Waals surface area contributed by atoms with Gasteiger partial charge in [-0.15, -0.1) is 0 Å². The van der Waals surface area contributed by atoms with Crippen molar-refractivity contribution in [2.45, 2.75) is 6.92 Å². The van der Waals surface area contributed by atoms with Crippen LogP contribution in [0.5, 0.6) is 0 Å². The first-order valence-electron chi connectivity index (χ1n) is 18.3. The van der Waals surface area contributed by atoms with Crippen molar-refractivity contribution in [2.24, 2.45) is 0 Å². The second-order valence-corrected chi connectivity index (χ2v) is 12.8. The average Bonchev–Trinajstić information content (AvgIpc) is 3.22. The Kier molecular flexibility index (Phi) is 13.8. The lowest BCUT2D eigenvalue weighted by molar-refractivity contribution is 1.28. The summed E-state index contributed by atoms with van der Waals surface area (Å²) < 4.78 is 0. The zero-order chi connectivity index (χ0) is 37.0. The highest BCUT2D eigenvalue weighted by Gasteiger charge is 2.12. The minimum Gasteiger partial charge on any atom is -0.311 e. The van der Waals surface area contributed by atoms with Crippen LogP contribution >= 0.6 is 0 Å². The maximum atomic E-state index is 2.30. The molecule has 0 amide bonds. The Hall–Kier alpha value is -6.96. The number of nitrogens with zero attached hydrogens (tertiary/aromatic N) is 1. The van der Waals surface area contributed by atoms with Gasteiger partial charge >= 0.3 is 0 Å². The van der Waals surface area contributed by atoms with Gasteiger partial charge in [-0.3, -0.25) is 0 Å². The molecule has 0 atom stereocenters. The largest absolute Gasteiger partial charge is 0.311 e. The van der Waals surface area contributed by atoms with Crippen molar-refractivity contribution < 1.29 is 0 Å². The molecule has 0 saturated heterocycles. The minimum absolute atomic E-state index is 1.09. The smallest absolute Gasteiger partial charge is 0.0462 e. The molecule has 0 aliphatic rings. The van der Waals surface area contributed by atoms with Crippen LogP contribution in [0.3, 0.4) is 0 Å². The van der Waals surface area contributed by atoms with Gasteiger partial charge in [0.15, 0.2) is 0 Å². The van der Waals surface area contributed by atoms with Gasteiger partial charge < -0.3 is 4.90 Å². The maximum Gasteiger partial charge on any atom is 0.0462 e. The van der Waals surface area contributed by atoms with Crippen molar-refractivity contribution in [3.8, 4) is 0 Å². The summed E-state index contributed by atoms with van der Waals surface area (Å²) in [7, 11) is 0. The van der Waals surface area contributed by atoms with E-state index in [1.807, 2.05) is 36.4 Å². The van der Waals surface area contributed by atoms with Gasteiger partial charge in [0.2, 0.25) is 0 Å². The molecule has 6 aromatic carbocycles. The van der Waals surface area contributed by atoms with Crippen molar-refractivity contribution in [1.82, 2.24) is 0 Å². The van der Waals surface area contributed by atoms with Crippen LogP contribution in [-0.4, -0.2) is 0 Å². The lowest BCUT2D eigenvalue weighted by atomic mass is 10.1. The number of rotatable bonds is 14. The fourth-order valence-corrected chi connectivity index (χ4v) is 5.81. The van der Waals surface area contributed by atoms with Gasteiger partial charge in [0.05, 0.1) is 0 Å². The molecular formula is C53H45N. The van der Waals surface area contributed by atoms with E-state index in [2.05, 4.69) is 230 Å². The Labute approximate surface area is 321 Å². The molecule has 0 N–H and O–H groups in total. The van der Waals surface area contributed by atoms with Crippen molar-refractivity contribution >= 4 is 53.5 Å². The van der Waals surface area contributed by atoms with Crippen molar-refractivity contribution in [1.29, 1.82) is 0 Å². The highest BCUT2D eigenvalue weighted by molar-refractivity contribution is 5.78. The molecule has 6 rings (SSSR count). The van der Waals surface area contributed by atoms with Crippen LogP contribution in [0.4, 0.5) is 17.1 Å². The number of anilines is 3. The summed E-state index contributed by atoms with van der Waals surface area (Å²) in [5, 5.41) is 0. The molecule has 54 heavy (non-hydrogen) atoms. The first-order chi connectivity index (χ1) is 26.7. The maximum absolute atomic E-state index is 2.30. The molecule has 0 aromatic heterocycles. The van der Waals surface area contributed by atoms with Crippen LogP contribution in [0.2, 0.25) is 0 Å². The minimum atomic E-state index is 1.09. The third-order valence-corrected chi connectivity index (χ3v) is 8.60. The lowest BCUT2D eigenvalue weighted by Crippen LogP contribution is -2.09. The van der Waals surface area contributed by atoms with E-state index in [4.69, 9.17) is 0 Å². The Balaban J connectivity index is 1.16. The monoisotopic (exact) mass is 695 g/mol. The van der Waals surface area contributed by atoms with Crippen LogP contribution in [0, 0.1) is 6.92 Å². The summed E-state index contributed by atoms with van der Waals surface area (Å²) in [6.45, 7) is 2.12. The Morgan fingerprint density at radius 2 is 0.574 bits per heavy atom. The molecule has 1 nitrogen and oxygen atoms in total. The predicted molar refractivity (Wildman–Crippen MR) is 238 cm³/mol. The molecule has 1 heteroatoms. The summed E-state index contributed by atoms with van der Waals surface area (Å²) in [5.74, 6) is 0. The lowest BCUT2D eigenvalue weighted by Gasteiger charge is -2.26. The van der Waals surface area contributed by atoms with E-state index < -0.39 is 0 Å². The quantitative estimate of drug-likeness (QED) is 0.103. The molecule has 0 unspecified atom stereocenters. The van der Waals surface area contributed by atoms with Gasteiger partial charge in [0, 0.05) is 17.1 Å². The highest BCUT2D eigenvalue weighted by atomic mass is 15.1. The molecule has 262 valence electrons. The molecular weight excluding hydrogens is 651 g/mol. The molecule has 0 aliphatic heterocycles. The summed E-state index contributed by atoms with van der Waals surface area (Å²) >= 11 is 0. The SMILES string of the molecule is Cc1cccc(/C=C/C=C/c2ccc(N(c3ccc(/C=C/C=C/C=C/c4ccccc4)cc3)c3ccc(/C=C/C=C/C=C/c4ccccc4)cc3)cc2)c1. The molecule has 0 spiro atoms. The number of hydrogen-bond donors (Lipinski definition) is 0. The van der Waals surface area contributed by atoms with E-state index in [1.54, 1.807) is 0 Å². The van der Waals surface area contributed by atoms with E-state index in [9.17, 15) is 0 Å². The van der Waals surface area contributed by atoms with Crippen LogP contribution < -0.4 is 4.90 Å². The fourth-order valence-electron chi connectivity index (χ4n) is 5.81. The first kappa shape index (κ1) is 36.8. The van der Waals surface area contributed by atoms with Crippen LogP contribution in [0.15, 0.2) is 218 Å². The average molecular weight is 696 g/mol. The van der Waals surface area contributed by atoms with E-state index in [-0.39, 0.29) is 0 Å². The summed E-state index contributed by atoms with van der Waals surface area (Å²) in [6.07, 6.45) is 33.4. The Morgan fingerprint density at radius 1 is 0.278 bits per heavy atom. The first-order valence-corrected chi connectivity index (χ1v) is 18.3. The zero-order valence-corrected chi connectivity index (χ0v) is 30.7. The van der Waals surface area contributed by atoms with Gasteiger partial charge in [-0.2, -0.15) is 0 Å². The topological polar surface area (TPSA) is 3.24 Å². The Bertz CT molecular complexity index is 2160. The second kappa shape index (κ2) is 20.2. The highest BCUT2D eigenvalue weighted by Crippen LogP contribution is 2.35. The zero-order valence-electron chi connectivity index (χ0n) is 30.7. The number of benzene rings is 6. The van der Waals surface area contributed by atoms with Crippen LogP contribution in [-0.2, 0) is 0 Å². The molecule has 0 saturated carbocycles. The van der Waals surface area contributed by atoms with Crippen molar-refractivity contribution in [3.63, 3.8) is 0 Å². The van der Waals surface area contributed by atoms with Crippen molar-refractivity contribution in [3.05, 3.63) is 257 Å². The number of hydrogen-bond acceptors (Lipinski definition) is 1. The molecule has 0 radical (unpaired) electrons. The van der Waals surface area contributed by atoms with Gasteiger partial charge in [0.1, 0.15) is 0 Å². The van der Waals surface area contributed by atoms with Crippen LogP contribution in [0.1, 0.15) is 38.9 Å². The van der Waals surface area contributed by atoms with Crippen LogP contribution in [0.25, 0.3) is 36.5 Å². The second-order valence-electron chi connectivity index (χ2n) is 12.8. The third-order valence-electron chi connectivity index (χ3n) is 8.60. The van der Waals surface area contributed by atoms with Gasteiger partial charge in [0.25, 0.3) is 0 Å². The van der Waals surface area contributed by atoms with Gasteiger partial charge in [-0.05, 0) is 76.7 Å². The summed E-state index contributed by atoms with van der Waals surface area (Å²) in [6, 6.07) is 55.3. The van der Waals surface area contributed by atoms with E-state index in [0.717, 1.165) is 33.8 Å². The molecule has 0 bridgehead atoms. The Morgan fingerprint density at radius 3 is 0.926 bits per heavy atom. The van der Waals surface area contributed by atoms with E-state index in [0.29, 0.717) is 0 Å². The fraction of sp³-hybridized carbons (Fsp3) is 0.0189. The summed E-state index contributed by atoms with van der Waals surface area (Å²) in [4.78, 5) is 2.30. The third kappa shape index (κ3) is 11.8. The standard InChI is InChI=1S/C53H45N/c1-44-19-18-30-50(43-44)29-17-16-28-49-35-41-53(42-36-49)54(51-37-31-47(32-38-51)26-10-4-2-8-20-45-22-12-6-13-23-45)52-39-33-48(34-40-52)27-11-5-3-9-21-46-24-14-7-15-25-46/h2-43H,1H3/b4-2+,5-3+,20-8+,21-9+,26-10+,27-11+,28-16+,29-17+. The molecule has 0 heterocycles. The van der Waals surface area contributed by atoms with Gasteiger partial charge in [-0.25, -0.2) is 0 Å². The number of aryl methyl sites for hydroxylation is 1. The molecule has 0 aliphatic carbocycles. The van der Waals surface area contributed by atoms with E-state index >= 15 is 0 Å².